The second-order valence-corrected chi connectivity index (χ2v) is 8.20. The van der Waals surface area contributed by atoms with E-state index >= 15 is 0 Å². The van der Waals surface area contributed by atoms with Gasteiger partial charge in [0, 0.05) is 30.4 Å². The molecule has 0 fully saturated rings. The molecular formula is C23H21N3O3S. The Labute approximate surface area is 178 Å². The van der Waals surface area contributed by atoms with Crippen molar-refractivity contribution in [3.8, 4) is 5.75 Å². The molecule has 1 aliphatic rings. The van der Waals surface area contributed by atoms with Crippen molar-refractivity contribution in [1.82, 2.24) is 9.88 Å². The fourth-order valence-corrected chi connectivity index (χ4v) is 4.46. The molecule has 2 aromatic heterocycles. The van der Waals surface area contributed by atoms with Crippen molar-refractivity contribution in [2.24, 2.45) is 0 Å². The minimum atomic E-state index is -0.284. The van der Waals surface area contributed by atoms with Gasteiger partial charge in [-0.1, -0.05) is 24.3 Å². The van der Waals surface area contributed by atoms with Crippen molar-refractivity contribution in [2.75, 3.05) is 19.0 Å². The van der Waals surface area contributed by atoms with Crippen LogP contribution in [0.4, 0.5) is 5.13 Å². The van der Waals surface area contributed by atoms with Crippen molar-refractivity contribution >= 4 is 33.3 Å². The molecule has 1 N–H and O–H groups in total. The zero-order chi connectivity index (χ0) is 20.5. The monoisotopic (exact) mass is 419 g/mol. The average molecular weight is 420 g/mol. The molecule has 0 spiro atoms. The lowest BCUT2D eigenvalue weighted by Crippen LogP contribution is -2.30. The van der Waals surface area contributed by atoms with E-state index in [-0.39, 0.29) is 11.7 Å². The first-order valence-electron chi connectivity index (χ1n) is 9.80. The highest BCUT2D eigenvalue weighted by Crippen LogP contribution is 2.26. The Balaban J connectivity index is 1.23. The molecule has 7 heteroatoms. The number of furan rings is 1. The Kier molecular flexibility index (Phi) is 4.98. The predicted octanol–water partition coefficient (Wildman–Crippen LogP) is 4.71. The zero-order valence-electron chi connectivity index (χ0n) is 16.6. The summed E-state index contributed by atoms with van der Waals surface area (Å²) in [6, 6.07) is 15.6. The predicted molar refractivity (Wildman–Crippen MR) is 117 cm³/mol. The number of rotatable bonds is 5. The number of carbonyl (C=O) groups excluding carboxylic acids is 1. The quantitative estimate of drug-likeness (QED) is 0.507. The Morgan fingerprint density at radius 2 is 2.13 bits per heavy atom. The maximum atomic E-state index is 12.5. The van der Waals surface area contributed by atoms with Crippen LogP contribution in [0.5, 0.6) is 5.75 Å². The Morgan fingerprint density at radius 1 is 1.23 bits per heavy atom. The lowest BCUT2D eigenvalue weighted by atomic mass is 9.99. The number of para-hydroxylation sites is 1. The van der Waals surface area contributed by atoms with Crippen LogP contribution in [-0.4, -0.2) is 29.4 Å². The number of carbonyl (C=O) groups is 1. The van der Waals surface area contributed by atoms with E-state index in [1.165, 1.54) is 22.5 Å². The number of nitrogens with zero attached hydrogens (tertiary/aromatic N) is 2. The number of methoxy groups -OCH3 is 1. The van der Waals surface area contributed by atoms with Gasteiger partial charge in [0.25, 0.3) is 5.91 Å². The second-order valence-electron chi connectivity index (χ2n) is 7.34. The highest BCUT2D eigenvalue weighted by molar-refractivity contribution is 7.13. The number of benzene rings is 2. The summed E-state index contributed by atoms with van der Waals surface area (Å²) in [6.07, 6.45) is 0.992. The normalized spacial score (nSPS) is 13.9. The molecule has 0 radical (unpaired) electrons. The second kappa shape index (κ2) is 7.93. The maximum absolute atomic E-state index is 12.5. The minimum absolute atomic E-state index is 0.284. The number of anilines is 1. The summed E-state index contributed by atoms with van der Waals surface area (Å²) < 4.78 is 11.0. The molecule has 5 rings (SSSR count). The van der Waals surface area contributed by atoms with Crippen LogP contribution in [0.15, 0.2) is 58.3 Å². The van der Waals surface area contributed by atoms with Crippen LogP contribution in [0.25, 0.3) is 11.0 Å². The number of fused-ring (bicyclic) bond motifs is 2. The molecule has 0 saturated heterocycles. The van der Waals surface area contributed by atoms with Gasteiger partial charge in [-0.05, 0) is 41.8 Å². The highest BCUT2D eigenvalue weighted by atomic mass is 32.1. The largest absolute Gasteiger partial charge is 0.497 e. The number of nitrogens with one attached hydrogen (secondary N) is 1. The molecule has 30 heavy (non-hydrogen) atoms. The van der Waals surface area contributed by atoms with Crippen molar-refractivity contribution in [1.29, 1.82) is 0 Å². The fourth-order valence-electron chi connectivity index (χ4n) is 3.77. The van der Waals surface area contributed by atoms with E-state index in [1.807, 2.05) is 35.7 Å². The summed E-state index contributed by atoms with van der Waals surface area (Å²) in [4.78, 5) is 19.5. The van der Waals surface area contributed by atoms with Crippen LogP contribution in [-0.2, 0) is 19.5 Å². The number of ether oxygens (including phenoxy) is 1. The molecule has 0 aliphatic carbocycles. The molecular weight excluding hydrogens is 398 g/mol. The minimum Gasteiger partial charge on any atom is -0.497 e. The first kappa shape index (κ1) is 18.8. The van der Waals surface area contributed by atoms with E-state index < -0.39 is 0 Å². The molecule has 0 bridgehead atoms. The van der Waals surface area contributed by atoms with Crippen LogP contribution < -0.4 is 10.1 Å². The molecule has 0 unspecified atom stereocenters. The lowest BCUT2D eigenvalue weighted by Gasteiger charge is -2.28. The molecule has 6 nitrogen and oxygen atoms in total. The lowest BCUT2D eigenvalue weighted by molar-refractivity contribution is 0.0998. The van der Waals surface area contributed by atoms with Gasteiger partial charge >= 0.3 is 0 Å². The third-order valence-electron chi connectivity index (χ3n) is 5.31. The van der Waals surface area contributed by atoms with E-state index in [9.17, 15) is 4.79 Å². The average Bonchev–Trinajstić information content (AvgIpc) is 3.40. The van der Waals surface area contributed by atoms with Gasteiger partial charge in [0.05, 0.1) is 12.8 Å². The Morgan fingerprint density at radius 3 is 3.00 bits per heavy atom. The molecule has 2 aromatic carbocycles. The number of thiazole rings is 1. The smallest absolute Gasteiger partial charge is 0.293 e. The molecule has 0 atom stereocenters. The molecule has 4 aromatic rings. The first-order valence-corrected chi connectivity index (χ1v) is 10.7. The highest BCUT2D eigenvalue weighted by Gasteiger charge is 2.19. The summed E-state index contributed by atoms with van der Waals surface area (Å²) in [5.41, 5.74) is 4.33. The standard InChI is InChI=1S/C23H21N3O3S/c1-28-19-7-6-17-12-26(9-8-15(17)10-19)13-18-14-30-23(24-18)25-22(27)21-11-16-4-2-3-5-20(16)29-21/h2-7,10-11,14H,8-9,12-13H2,1H3,(H,24,25,27). The van der Waals surface area contributed by atoms with Gasteiger partial charge in [0.2, 0.25) is 0 Å². The van der Waals surface area contributed by atoms with Gasteiger partial charge in [0.15, 0.2) is 10.9 Å². The van der Waals surface area contributed by atoms with Crippen LogP contribution in [0.2, 0.25) is 0 Å². The van der Waals surface area contributed by atoms with E-state index in [2.05, 4.69) is 27.3 Å². The molecule has 3 heterocycles. The van der Waals surface area contributed by atoms with Crippen LogP contribution in [0.1, 0.15) is 27.4 Å². The summed E-state index contributed by atoms with van der Waals surface area (Å²) in [6.45, 7) is 2.61. The van der Waals surface area contributed by atoms with Crippen molar-refractivity contribution in [3.63, 3.8) is 0 Å². The van der Waals surface area contributed by atoms with Gasteiger partial charge in [-0.25, -0.2) is 4.98 Å². The third kappa shape index (κ3) is 3.81. The van der Waals surface area contributed by atoms with E-state index in [4.69, 9.17) is 9.15 Å². The summed E-state index contributed by atoms with van der Waals surface area (Å²) >= 11 is 1.43. The van der Waals surface area contributed by atoms with Gasteiger partial charge < -0.3 is 9.15 Å². The van der Waals surface area contributed by atoms with E-state index in [0.717, 1.165) is 42.9 Å². The molecule has 1 amide bonds. The zero-order valence-corrected chi connectivity index (χ0v) is 17.4. The van der Waals surface area contributed by atoms with E-state index in [0.29, 0.717) is 10.7 Å². The van der Waals surface area contributed by atoms with Gasteiger partial charge in [-0.2, -0.15) is 0 Å². The third-order valence-corrected chi connectivity index (χ3v) is 6.12. The van der Waals surface area contributed by atoms with Gasteiger partial charge in [-0.3, -0.25) is 15.0 Å². The number of hydrogen-bond donors (Lipinski definition) is 1. The van der Waals surface area contributed by atoms with E-state index in [1.54, 1.807) is 13.2 Å². The van der Waals surface area contributed by atoms with Crippen molar-refractivity contribution in [3.05, 3.63) is 76.5 Å². The number of amides is 1. The first-order chi connectivity index (χ1) is 14.7. The summed E-state index contributed by atoms with van der Waals surface area (Å²) in [5, 5.41) is 6.33. The summed E-state index contributed by atoms with van der Waals surface area (Å²) in [5.74, 6) is 0.913. The maximum Gasteiger partial charge on any atom is 0.293 e. The van der Waals surface area contributed by atoms with Crippen LogP contribution >= 0.6 is 11.3 Å². The molecule has 152 valence electrons. The Hall–Kier alpha value is -3.16. The summed E-state index contributed by atoms with van der Waals surface area (Å²) in [7, 11) is 1.70. The number of aromatic nitrogens is 1. The topological polar surface area (TPSA) is 67.6 Å². The van der Waals surface area contributed by atoms with Gasteiger partial charge in [0.1, 0.15) is 11.3 Å². The fraction of sp³-hybridized carbons (Fsp3) is 0.217. The van der Waals surface area contributed by atoms with Crippen LogP contribution in [0, 0.1) is 0 Å². The number of hydrogen-bond acceptors (Lipinski definition) is 6. The SMILES string of the molecule is COc1ccc2c(c1)CCN(Cc1csc(NC(=O)c3cc4ccccc4o3)n1)C2. The van der Waals surface area contributed by atoms with Crippen molar-refractivity contribution < 1.29 is 13.9 Å². The van der Waals surface area contributed by atoms with Crippen LogP contribution in [0.3, 0.4) is 0 Å². The molecule has 0 saturated carbocycles. The Bertz CT molecular complexity index is 1180. The van der Waals surface area contributed by atoms with Crippen molar-refractivity contribution in [2.45, 2.75) is 19.5 Å². The molecule has 1 aliphatic heterocycles. The van der Waals surface area contributed by atoms with Gasteiger partial charge in [-0.15, -0.1) is 11.3 Å².